The Kier molecular flexibility index (Phi) is 10.1. The third-order valence-electron chi connectivity index (χ3n) is 2.89. The minimum absolute atomic E-state index is 0.0588. The summed E-state index contributed by atoms with van der Waals surface area (Å²) < 4.78 is 22.4. The number of alkyl carbamates (subject to hydrolysis) is 1. The maximum Gasteiger partial charge on any atom is 0.407 e. The maximum absolute atomic E-state index is 12.7. The maximum atomic E-state index is 12.7. The van der Waals surface area contributed by atoms with Crippen LogP contribution in [0.3, 0.4) is 0 Å². The van der Waals surface area contributed by atoms with Crippen molar-refractivity contribution in [3.63, 3.8) is 0 Å². The van der Waals surface area contributed by atoms with E-state index < -0.39 is 6.09 Å². The number of amides is 1. The van der Waals surface area contributed by atoms with E-state index in [9.17, 15) is 14.0 Å². The van der Waals surface area contributed by atoms with Crippen molar-refractivity contribution < 1.29 is 23.5 Å². The highest BCUT2D eigenvalue weighted by Crippen LogP contribution is 2.21. The van der Waals surface area contributed by atoms with Gasteiger partial charge in [0.15, 0.2) is 5.12 Å². The van der Waals surface area contributed by atoms with Crippen molar-refractivity contribution in [3.05, 3.63) is 30.1 Å². The van der Waals surface area contributed by atoms with Crippen molar-refractivity contribution in [2.24, 2.45) is 0 Å². The summed E-state index contributed by atoms with van der Waals surface area (Å²) in [5.74, 6) is -0.310. The summed E-state index contributed by atoms with van der Waals surface area (Å²) in [4.78, 5) is 23.7. The van der Waals surface area contributed by atoms with Crippen LogP contribution < -0.4 is 5.32 Å². The van der Waals surface area contributed by atoms with Gasteiger partial charge in [0.05, 0.1) is 6.61 Å². The molecule has 0 aliphatic rings. The molecule has 1 amide bonds. The van der Waals surface area contributed by atoms with Crippen molar-refractivity contribution >= 4 is 23.0 Å². The number of unbranched alkanes of at least 4 members (excludes halogenated alkanes) is 2. The predicted molar refractivity (Wildman–Crippen MR) is 87.0 cm³/mol. The van der Waals surface area contributed by atoms with Gasteiger partial charge in [0.2, 0.25) is 0 Å². The Bertz CT molecular complexity index is 481. The first-order valence-electron chi connectivity index (χ1n) is 7.47. The second-order valence-corrected chi connectivity index (χ2v) is 5.93. The molecule has 1 aromatic rings. The van der Waals surface area contributed by atoms with Crippen LogP contribution in [0.25, 0.3) is 0 Å². The van der Waals surface area contributed by atoms with Gasteiger partial charge in [-0.05, 0) is 37.1 Å². The fourth-order valence-electron chi connectivity index (χ4n) is 1.72. The highest BCUT2D eigenvalue weighted by Gasteiger charge is 2.05. The Morgan fingerprint density at radius 3 is 2.57 bits per heavy atom. The van der Waals surface area contributed by atoms with Gasteiger partial charge in [-0.15, -0.1) is 0 Å². The summed E-state index contributed by atoms with van der Waals surface area (Å²) in [5.41, 5.74) is 0. The molecule has 7 heteroatoms. The molecule has 0 aromatic heterocycles. The number of nitrogens with one attached hydrogen (secondary N) is 1. The SMILES string of the molecule is COCCOC(=O)NCCCCCC(=O)Sc1ccc(F)cc1. The van der Waals surface area contributed by atoms with Gasteiger partial charge in [-0.3, -0.25) is 4.79 Å². The van der Waals surface area contributed by atoms with E-state index in [0.717, 1.165) is 35.9 Å². The molecule has 5 nitrogen and oxygen atoms in total. The van der Waals surface area contributed by atoms with Crippen LogP contribution in [-0.4, -0.2) is 38.1 Å². The molecule has 0 saturated carbocycles. The molecule has 0 aliphatic carbocycles. The largest absolute Gasteiger partial charge is 0.447 e. The molecule has 0 heterocycles. The zero-order valence-corrected chi connectivity index (χ0v) is 14.0. The zero-order chi connectivity index (χ0) is 16.9. The standard InChI is InChI=1S/C16H22FNO4S/c1-21-11-12-22-16(20)18-10-4-2-3-5-15(19)23-14-8-6-13(17)7-9-14/h6-9H,2-5,10-12H2,1H3,(H,18,20). The van der Waals surface area contributed by atoms with Crippen LogP contribution in [0.2, 0.25) is 0 Å². The Morgan fingerprint density at radius 2 is 1.87 bits per heavy atom. The van der Waals surface area contributed by atoms with Crippen LogP contribution in [0.4, 0.5) is 9.18 Å². The van der Waals surface area contributed by atoms with Crippen LogP contribution >= 0.6 is 11.8 Å². The van der Waals surface area contributed by atoms with Crippen molar-refractivity contribution in [3.8, 4) is 0 Å². The van der Waals surface area contributed by atoms with Crippen LogP contribution in [0, 0.1) is 5.82 Å². The Hall–Kier alpha value is -1.60. The molecular formula is C16H22FNO4S. The van der Waals surface area contributed by atoms with Gasteiger partial charge in [0, 0.05) is 25.0 Å². The number of rotatable bonds is 10. The Labute approximate surface area is 139 Å². The minimum Gasteiger partial charge on any atom is -0.447 e. The summed E-state index contributed by atoms with van der Waals surface area (Å²) >= 11 is 1.13. The van der Waals surface area contributed by atoms with Gasteiger partial charge >= 0.3 is 6.09 Å². The highest BCUT2D eigenvalue weighted by atomic mass is 32.2. The lowest BCUT2D eigenvalue weighted by Crippen LogP contribution is -2.26. The number of halogens is 1. The van der Waals surface area contributed by atoms with Gasteiger partial charge in [-0.1, -0.05) is 18.2 Å². The number of hydrogen-bond acceptors (Lipinski definition) is 5. The number of benzene rings is 1. The molecule has 0 atom stereocenters. The summed E-state index contributed by atoms with van der Waals surface area (Å²) in [5, 5.41) is 2.69. The molecule has 0 fully saturated rings. The van der Waals surface area contributed by atoms with Crippen LogP contribution in [0.15, 0.2) is 29.2 Å². The van der Waals surface area contributed by atoms with Crippen LogP contribution in [0.1, 0.15) is 25.7 Å². The van der Waals surface area contributed by atoms with Crippen LogP contribution in [0.5, 0.6) is 0 Å². The van der Waals surface area contributed by atoms with Gasteiger partial charge in [-0.25, -0.2) is 9.18 Å². The Balaban J connectivity index is 2.01. The zero-order valence-electron chi connectivity index (χ0n) is 13.2. The lowest BCUT2D eigenvalue weighted by atomic mass is 10.2. The first-order valence-corrected chi connectivity index (χ1v) is 8.29. The number of hydrogen-bond donors (Lipinski definition) is 1. The quantitative estimate of drug-likeness (QED) is 0.521. The molecule has 0 radical (unpaired) electrons. The van der Waals surface area contributed by atoms with E-state index in [1.54, 1.807) is 12.1 Å². The van der Waals surface area contributed by atoms with Crippen molar-refractivity contribution in [2.45, 2.75) is 30.6 Å². The first kappa shape index (κ1) is 19.4. The molecule has 1 N–H and O–H groups in total. The molecule has 0 spiro atoms. The lowest BCUT2D eigenvalue weighted by molar-refractivity contribution is -0.111. The van der Waals surface area contributed by atoms with Gasteiger partial charge in [0.25, 0.3) is 0 Å². The minimum atomic E-state index is -0.454. The van der Waals surface area contributed by atoms with E-state index in [0.29, 0.717) is 19.6 Å². The first-order chi connectivity index (χ1) is 11.1. The Morgan fingerprint density at radius 1 is 1.13 bits per heavy atom. The molecule has 0 bridgehead atoms. The van der Waals surface area contributed by atoms with E-state index in [1.807, 2.05) is 0 Å². The summed E-state index contributed by atoms with van der Waals surface area (Å²) in [6, 6.07) is 5.87. The van der Waals surface area contributed by atoms with E-state index in [-0.39, 0.29) is 17.5 Å². The fraction of sp³-hybridized carbons (Fsp3) is 0.500. The summed E-state index contributed by atoms with van der Waals surface area (Å²) in [6.07, 6.45) is 2.39. The molecular weight excluding hydrogens is 321 g/mol. The number of methoxy groups -OCH3 is 1. The number of carbonyl (C=O) groups is 2. The highest BCUT2D eigenvalue weighted by molar-refractivity contribution is 8.13. The molecule has 1 aromatic carbocycles. The number of carbonyl (C=O) groups excluding carboxylic acids is 2. The fourth-order valence-corrected chi connectivity index (χ4v) is 2.50. The number of thioether (sulfide) groups is 1. The van der Waals surface area contributed by atoms with Crippen LogP contribution in [-0.2, 0) is 14.3 Å². The molecule has 128 valence electrons. The summed E-state index contributed by atoms with van der Waals surface area (Å²) in [6.45, 7) is 1.13. The predicted octanol–water partition coefficient (Wildman–Crippen LogP) is 3.38. The van der Waals surface area contributed by atoms with Crippen molar-refractivity contribution in [1.82, 2.24) is 5.32 Å². The van der Waals surface area contributed by atoms with E-state index >= 15 is 0 Å². The van der Waals surface area contributed by atoms with Crippen molar-refractivity contribution in [2.75, 3.05) is 26.9 Å². The molecule has 1 rings (SSSR count). The second-order valence-electron chi connectivity index (χ2n) is 4.79. The number of ether oxygens (including phenoxy) is 2. The molecule has 0 unspecified atom stereocenters. The van der Waals surface area contributed by atoms with E-state index in [2.05, 4.69) is 5.32 Å². The van der Waals surface area contributed by atoms with Crippen molar-refractivity contribution in [1.29, 1.82) is 0 Å². The van der Waals surface area contributed by atoms with Gasteiger partial charge < -0.3 is 14.8 Å². The monoisotopic (exact) mass is 343 g/mol. The van der Waals surface area contributed by atoms with E-state index in [4.69, 9.17) is 9.47 Å². The topological polar surface area (TPSA) is 64.6 Å². The third-order valence-corrected chi connectivity index (χ3v) is 3.83. The third kappa shape index (κ3) is 9.91. The molecule has 23 heavy (non-hydrogen) atoms. The molecule has 0 aliphatic heterocycles. The smallest absolute Gasteiger partial charge is 0.407 e. The van der Waals surface area contributed by atoms with Gasteiger partial charge in [0.1, 0.15) is 12.4 Å². The summed E-state index contributed by atoms with van der Waals surface area (Å²) in [7, 11) is 1.54. The molecule has 0 saturated heterocycles. The average molecular weight is 343 g/mol. The van der Waals surface area contributed by atoms with E-state index in [1.165, 1.54) is 19.2 Å². The normalized spacial score (nSPS) is 10.3. The second kappa shape index (κ2) is 11.9. The average Bonchev–Trinajstić information content (AvgIpc) is 2.53. The lowest BCUT2D eigenvalue weighted by Gasteiger charge is -2.06. The van der Waals surface area contributed by atoms with Gasteiger partial charge in [-0.2, -0.15) is 0 Å².